The Morgan fingerprint density at radius 3 is 2.33 bits per heavy atom. The lowest BCUT2D eigenvalue weighted by Crippen LogP contribution is -2.27. The summed E-state index contributed by atoms with van der Waals surface area (Å²) in [4.78, 5) is 14.3. The molecule has 0 bridgehead atoms. The maximum absolute atomic E-state index is 12.1. The molecule has 2 rings (SSSR count). The summed E-state index contributed by atoms with van der Waals surface area (Å²) in [7, 11) is 0. The summed E-state index contributed by atoms with van der Waals surface area (Å²) in [6.07, 6.45) is 0. The first kappa shape index (κ1) is 20.9. The van der Waals surface area contributed by atoms with Gasteiger partial charge in [0.25, 0.3) is 0 Å². The van der Waals surface area contributed by atoms with E-state index in [1.807, 2.05) is 43.3 Å². The predicted molar refractivity (Wildman–Crippen MR) is 116 cm³/mol. The van der Waals surface area contributed by atoms with Crippen LogP contribution < -0.4 is 10.6 Å². The van der Waals surface area contributed by atoms with Gasteiger partial charge in [-0.25, -0.2) is 4.79 Å². The molecule has 0 fully saturated rings. The molecule has 144 valence electrons. The van der Waals surface area contributed by atoms with Gasteiger partial charge in [-0.1, -0.05) is 26.0 Å². The van der Waals surface area contributed by atoms with Crippen LogP contribution in [0.4, 0.5) is 11.4 Å². The van der Waals surface area contributed by atoms with E-state index in [9.17, 15) is 4.79 Å². The fraction of sp³-hybridized carbons (Fsp3) is 0.333. The molecule has 2 aromatic rings. The van der Waals surface area contributed by atoms with Crippen LogP contribution in [0.2, 0.25) is 0 Å². The highest BCUT2D eigenvalue weighted by molar-refractivity contribution is 7.80. The van der Waals surface area contributed by atoms with Crippen molar-refractivity contribution in [2.24, 2.45) is 0 Å². The zero-order valence-electron chi connectivity index (χ0n) is 16.1. The van der Waals surface area contributed by atoms with Crippen molar-refractivity contribution < 1.29 is 9.53 Å². The molecule has 0 atom stereocenters. The largest absolute Gasteiger partial charge is 0.461 e. The summed E-state index contributed by atoms with van der Waals surface area (Å²) in [6.45, 7) is 9.25. The normalized spacial score (nSPS) is 10.5. The smallest absolute Gasteiger partial charge is 0.338 e. The van der Waals surface area contributed by atoms with Crippen LogP contribution in [0, 0.1) is 6.92 Å². The minimum Gasteiger partial charge on any atom is -0.461 e. The minimum absolute atomic E-state index is 0.311. The van der Waals surface area contributed by atoms with Gasteiger partial charge in [0, 0.05) is 17.9 Å². The summed E-state index contributed by atoms with van der Waals surface area (Å²) < 4.78 is 5.33. The molecule has 0 amide bonds. The number of rotatable bonds is 8. The summed E-state index contributed by atoms with van der Waals surface area (Å²) >= 11 is 5.33. The highest BCUT2D eigenvalue weighted by atomic mass is 32.1. The van der Waals surface area contributed by atoms with Gasteiger partial charge in [-0.2, -0.15) is 0 Å². The lowest BCUT2D eigenvalue weighted by Gasteiger charge is -2.17. The van der Waals surface area contributed by atoms with Crippen LogP contribution in [-0.4, -0.2) is 42.2 Å². The average Bonchev–Trinajstić information content (AvgIpc) is 2.65. The van der Waals surface area contributed by atoms with E-state index >= 15 is 0 Å². The van der Waals surface area contributed by atoms with E-state index in [1.165, 1.54) is 0 Å². The molecule has 0 aromatic heterocycles. The molecular weight excluding hydrogens is 358 g/mol. The summed E-state index contributed by atoms with van der Waals surface area (Å²) in [5.74, 6) is -0.311. The van der Waals surface area contributed by atoms with Gasteiger partial charge in [0.1, 0.15) is 6.61 Å². The van der Waals surface area contributed by atoms with Crippen LogP contribution in [0.1, 0.15) is 29.8 Å². The van der Waals surface area contributed by atoms with Crippen LogP contribution >= 0.6 is 12.2 Å². The van der Waals surface area contributed by atoms with Crippen molar-refractivity contribution in [2.45, 2.75) is 20.8 Å². The molecule has 0 radical (unpaired) electrons. The Kier molecular flexibility index (Phi) is 8.23. The number of aryl methyl sites for hydroxylation is 1. The number of carbonyl (C=O) groups excluding carboxylic acids is 1. The van der Waals surface area contributed by atoms with Crippen LogP contribution in [0.25, 0.3) is 0 Å². The van der Waals surface area contributed by atoms with Crippen molar-refractivity contribution in [1.29, 1.82) is 0 Å². The number of likely N-dealkylation sites (N-methyl/N-ethyl adjacent to an activating group) is 1. The van der Waals surface area contributed by atoms with Gasteiger partial charge in [0.05, 0.1) is 5.56 Å². The Balaban J connectivity index is 1.83. The molecule has 27 heavy (non-hydrogen) atoms. The third kappa shape index (κ3) is 7.00. The molecule has 2 N–H and O–H groups in total. The molecule has 0 saturated carbocycles. The maximum Gasteiger partial charge on any atom is 0.338 e. The lowest BCUT2D eigenvalue weighted by molar-refractivity contribution is 0.0466. The predicted octanol–water partition coefficient (Wildman–Crippen LogP) is 4.30. The number of carbonyl (C=O) groups is 1. The SMILES string of the molecule is CCN(CC)CCOC(=O)c1ccc(NC(=S)Nc2cccc(C)c2)cc1. The Labute approximate surface area is 166 Å². The Bertz CT molecular complexity index is 758. The van der Waals surface area contributed by atoms with E-state index in [0.29, 0.717) is 17.3 Å². The zero-order valence-corrected chi connectivity index (χ0v) is 16.9. The van der Waals surface area contributed by atoms with Crippen molar-refractivity contribution >= 4 is 34.7 Å². The van der Waals surface area contributed by atoms with Gasteiger partial charge in [-0.05, 0) is 74.2 Å². The summed E-state index contributed by atoms with van der Waals surface area (Å²) in [6, 6.07) is 15.1. The first-order valence-corrected chi connectivity index (χ1v) is 9.56. The number of ether oxygens (including phenoxy) is 1. The fourth-order valence-corrected chi connectivity index (χ4v) is 2.83. The molecule has 0 aliphatic rings. The monoisotopic (exact) mass is 385 g/mol. The van der Waals surface area contributed by atoms with E-state index in [2.05, 4.69) is 29.4 Å². The van der Waals surface area contributed by atoms with Crippen LogP contribution in [0.5, 0.6) is 0 Å². The minimum atomic E-state index is -0.311. The summed E-state index contributed by atoms with van der Waals surface area (Å²) in [5.41, 5.74) is 3.42. The van der Waals surface area contributed by atoms with E-state index in [1.54, 1.807) is 12.1 Å². The van der Waals surface area contributed by atoms with Gasteiger partial charge in [0.2, 0.25) is 0 Å². The third-order valence-corrected chi connectivity index (χ3v) is 4.39. The van der Waals surface area contributed by atoms with Gasteiger partial charge in [-0.3, -0.25) is 0 Å². The molecule has 0 aliphatic heterocycles. The van der Waals surface area contributed by atoms with Crippen molar-refractivity contribution in [1.82, 2.24) is 4.90 Å². The highest BCUT2D eigenvalue weighted by Gasteiger charge is 2.08. The number of thiocarbonyl (C=S) groups is 1. The Hall–Kier alpha value is -2.44. The number of anilines is 2. The van der Waals surface area contributed by atoms with E-state index in [4.69, 9.17) is 17.0 Å². The second-order valence-corrected chi connectivity index (χ2v) is 6.60. The molecular formula is C21H27N3O2S. The standard InChI is InChI=1S/C21H27N3O2S/c1-4-24(5-2)13-14-26-20(25)17-9-11-18(12-10-17)22-21(27)23-19-8-6-7-16(3)15-19/h6-12,15H,4-5,13-14H2,1-3H3,(H2,22,23,27). The third-order valence-electron chi connectivity index (χ3n) is 4.19. The molecule has 0 spiro atoms. The second kappa shape index (κ2) is 10.6. The molecule has 2 aromatic carbocycles. The van der Waals surface area contributed by atoms with Crippen molar-refractivity contribution in [3.05, 3.63) is 59.7 Å². The van der Waals surface area contributed by atoms with Gasteiger partial charge < -0.3 is 20.3 Å². The number of benzene rings is 2. The van der Waals surface area contributed by atoms with Crippen LogP contribution in [-0.2, 0) is 4.74 Å². The summed E-state index contributed by atoms with van der Waals surface area (Å²) in [5, 5.41) is 6.75. The molecule has 5 nitrogen and oxygen atoms in total. The maximum atomic E-state index is 12.1. The molecule has 0 aliphatic carbocycles. The zero-order chi connectivity index (χ0) is 19.6. The van der Waals surface area contributed by atoms with Crippen molar-refractivity contribution in [3.8, 4) is 0 Å². The first-order chi connectivity index (χ1) is 13.0. The van der Waals surface area contributed by atoms with Crippen molar-refractivity contribution in [2.75, 3.05) is 36.9 Å². The molecule has 0 unspecified atom stereocenters. The number of esters is 1. The quantitative estimate of drug-likeness (QED) is 0.522. The number of nitrogens with one attached hydrogen (secondary N) is 2. The van der Waals surface area contributed by atoms with Gasteiger partial charge in [0.15, 0.2) is 5.11 Å². The molecule has 6 heteroatoms. The Morgan fingerprint density at radius 1 is 1.04 bits per heavy atom. The highest BCUT2D eigenvalue weighted by Crippen LogP contribution is 2.13. The second-order valence-electron chi connectivity index (χ2n) is 6.19. The van der Waals surface area contributed by atoms with E-state index in [0.717, 1.165) is 36.6 Å². The van der Waals surface area contributed by atoms with Gasteiger partial charge in [-0.15, -0.1) is 0 Å². The van der Waals surface area contributed by atoms with E-state index < -0.39 is 0 Å². The number of hydrogen-bond donors (Lipinski definition) is 2. The lowest BCUT2D eigenvalue weighted by atomic mass is 10.2. The topological polar surface area (TPSA) is 53.6 Å². The molecule has 0 heterocycles. The fourth-order valence-electron chi connectivity index (χ4n) is 2.60. The average molecular weight is 386 g/mol. The number of hydrogen-bond acceptors (Lipinski definition) is 4. The molecule has 0 saturated heterocycles. The van der Waals surface area contributed by atoms with E-state index in [-0.39, 0.29) is 5.97 Å². The van der Waals surface area contributed by atoms with Gasteiger partial charge >= 0.3 is 5.97 Å². The van der Waals surface area contributed by atoms with Crippen LogP contribution in [0.3, 0.4) is 0 Å². The number of nitrogens with zero attached hydrogens (tertiary/aromatic N) is 1. The van der Waals surface area contributed by atoms with Crippen LogP contribution in [0.15, 0.2) is 48.5 Å². The first-order valence-electron chi connectivity index (χ1n) is 9.16. The van der Waals surface area contributed by atoms with Crippen molar-refractivity contribution in [3.63, 3.8) is 0 Å². The Morgan fingerprint density at radius 2 is 1.70 bits per heavy atom.